The van der Waals surface area contributed by atoms with E-state index in [1.807, 2.05) is 6.92 Å². The predicted molar refractivity (Wildman–Crippen MR) is 93.7 cm³/mol. The van der Waals surface area contributed by atoms with E-state index in [1.165, 1.54) is 32.4 Å². The second kappa shape index (κ2) is 5.83. The number of hydrogen-bond donors (Lipinski definition) is 2. The number of fused-ring (bicyclic) bond motifs is 2. The van der Waals surface area contributed by atoms with E-state index in [9.17, 15) is 9.59 Å². The van der Waals surface area contributed by atoms with Crippen LogP contribution in [-0.4, -0.2) is 42.7 Å². The minimum Gasteiger partial charge on any atom is -0.350 e. The van der Waals surface area contributed by atoms with Crippen LogP contribution in [0.25, 0.3) is 0 Å². The third-order valence-corrected chi connectivity index (χ3v) is 8.65. The average Bonchev–Trinajstić information content (AvgIpc) is 2.80. The van der Waals surface area contributed by atoms with Crippen LogP contribution in [0.4, 0.5) is 0 Å². The Hall–Kier alpha value is -0.420. The van der Waals surface area contributed by atoms with E-state index in [2.05, 4.69) is 35.1 Å². The zero-order valence-corrected chi connectivity index (χ0v) is 16.2. The molecule has 5 heteroatoms. The molecule has 3 rings (SSSR count). The van der Waals surface area contributed by atoms with Gasteiger partial charge in [0.05, 0.1) is 36.4 Å². The topological polar surface area (TPSA) is 50.6 Å². The summed E-state index contributed by atoms with van der Waals surface area (Å²) in [6, 6.07) is 0. The lowest BCUT2D eigenvalue weighted by atomic mass is 9.64. The molecule has 2 aliphatic carbocycles. The zero-order valence-electron chi connectivity index (χ0n) is 14.6. The number of hydrogen-bond acceptors (Lipinski definition) is 2. The van der Waals surface area contributed by atoms with Crippen LogP contribution in [0.15, 0.2) is 0 Å². The molecule has 1 saturated heterocycles. The van der Waals surface area contributed by atoms with Gasteiger partial charge in [0.25, 0.3) is 0 Å². The van der Waals surface area contributed by atoms with Crippen molar-refractivity contribution in [3.63, 3.8) is 0 Å². The SMILES string of the molecule is CC1(C)[C@]2(C)CC[C@@]1(C(=O)NCC[NH+]1CCCCC1)[C@H](Br)C2=O. The maximum absolute atomic E-state index is 13.1. The van der Waals surface area contributed by atoms with Gasteiger partial charge in [0.1, 0.15) is 0 Å². The fourth-order valence-corrected chi connectivity index (χ4v) is 6.78. The number of halogens is 1. The molecule has 1 amide bonds. The quantitative estimate of drug-likeness (QED) is 0.717. The van der Waals surface area contributed by atoms with Crippen molar-refractivity contribution in [3.05, 3.63) is 0 Å². The fraction of sp³-hybridized carbons (Fsp3) is 0.889. The van der Waals surface area contributed by atoms with Crippen LogP contribution in [0.2, 0.25) is 0 Å². The first-order chi connectivity index (χ1) is 10.8. The summed E-state index contributed by atoms with van der Waals surface area (Å²) in [5, 5.41) is 3.17. The highest BCUT2D eigenvalue weighted by Gasteiger charge is 2.76. The van der Waals surface area contributed by atoms with Gasteiger partial charge in [-0.2, -0.15) is 0 Å². The van der Waals surface area contributed by atoms with E-state index in [0.717, 1.165) is 25.9 Å². The monoisotopic (exact) mass is 385 g/mol. The van der Waals surface area contributed by atoms with Crippen molar-refractivity contribution >= 4 is 27.6 Å². The maximum atomic E-state index is 13.1. The van der Waals surface area contributed by atoms with Gasteiger partial charge in [-0.3, -0.25) is 9.59 Å². The van der Waals surface area contributed by atoms with Crippen LogP contribution in [-0.2, 0) is 9.59 Å². The van der Waals surface area contributed by atoms with Crippen molar-refractivity contribution in [2.24, 2.45) is 16.2 Å². The number of quaternary nitrogens is 1. The number of piperidine rings is 1. The van der Waals surface area contributed by atoms with Crippen molar-refractivity contribution in [1.82, 2.24) is 5.32 Å². The Morgan fingerprint density at radius 3 is 2.43 bits per heavy atom. The Labute approximate surface area is 147 Å². The lowest BCUT2D eigenvalue weighted by molar-refractivity contribution is -0.903. The summed E-state index contributed by atoms with van der Waals surface area (Å²) >= 11 is 3.58. The molecule has 0 radical (unpaired) electrons. The molecule has 1 aliphatic heterocycles. The summed E-state index contributed by atoms with van der Waals surface area (Å²) in [6.07, 6.45) is 5.58. The molecular weight excluding hydrogens is 356 g/mol. The molecular formula is C18H30BrN2O2+. The van der Waals surface area contributed by atoms with Gasteiger partial charge in [0.15, 0.2) is 5.78 Å². The highest BCUT2D eigenvalue weighted by molar-refractivity contribution is 9.10. The van der Waals surface area contributed by atoms with E-state index in [4.69, 9.17) is 0 Å². The van der Waals surface area contributed by atoms with Gasteiger partial charge in [-0.15, -0.1) is 0 Å². The van der Waals surface area contributed by atoms with Gasteiger partial charge in [-0.05, 0) is 37.5 Å². The van der Waals surface area contributed by atoms with Crippen molar-refractivity contribution in [2.75, 3.05) is 26.2 Å². The van der Waals surface area contributed by atoms with E-state index >= 15 is 0 Å². The number of likely N-dealkylation sites (tertiary alicyclic amines) is 1. The summed E-state index contributed by atoms with van der Waals surface area (Å²) in [4.78, 5) is 27.0. The highest BCUT2D eigenvalue weighted by atomic mass is 79.9. The van der Waals surface area contributed by atoms with E-state index in [-0.39, 0.29) is 27.3 Å². The van der Waals surface area contributed by atoms with Gasteiger partial charge in [-0.1, -0.05) is 36.7 Å². The zero-order chi connectivity index (χ0) is 16.9. The smallest absolute Gasteiger partial charge is 0.228 e. The Kier molecular flexibility index (Phi) is 4.41. The first-order valence-electron chi connectivity index (χ1n) is 9.08. The van der Waals surface area contributed by atoms with E-state index < -0.39 is 5.41 Å². The van der Waals surface area contributed by atoms with E-state index in [0.29, 0.717) is 0 Å². The van der Waals surface area contributed by atoms with Crippen molar-refractivity contribution < 1.29 is 14.5 Å². The molecule has 3 aliphatic rings. The summed E-state index contributed by atoms with van der Waals surface area (Å²) in [7, 11) is 0. The third-order valence-electron chi connectivity index (χ3n) is 7.45. The molecule has 130 valence electrons. The normalized spacial score (nSPS) is 39.7. The number of nitrogens with one attached hydrogen (secondary N) is 2. The second-order valence-corrected chi connectivity index (χ2v) is 9.39. The molecule has 0 aromatic heterocycles. The lowest BCUT2D eigenvalue weighted by Gasteiger charge is -2.39. The lowest BCUT2D eigenvalue weighted by Crippen LogP contribution is -3.13. The molecule has 23 heavy (non-hydrogen) atoms. The maximum Gasteiger partial charge on any atom is 0.228 e. The fourth-order valence-electron chi connectivity index (χ4n) is 5.27. The van der Waals surface area contributed by atoms with Gasteiger partial charge < -0.3 is 10.2 Å². The van der Waals surface area contributed by atoms with Gasteiger partial charge >= 0.3 is 0 Å². The third kappa shape index (κ3) is 2.25. The molecule has 0 aromatic carbocycles. The van der Waals surface area contributed by atoms with Crippen LogP contribution in [0.5, 0.6) is 0 Å². The van der Waals surface area contributed by atoms with Crippen molar-refractivity contribution in [2.45, 2.75) is 57.7 Å². The number of carbonyl (C=O) groups is 2. The molecule has 1 heterocycles. The van der Waals surface area contributed by atoms with Crippen LogP contribution < -0.4 is 10.2 Å². The second-order valence-electron chi connectivity index (χ2n) is 8.47. The largest absolute Gasteiger partial charge is 0.350 e. The number of carbonyl (C=O) groups excluding carboxylic acids is 2. The summed E-state index contributed by atoms with van der Waals surface area (Å²) in [5.41, 5.74) is -1.26. The standard InChI is InChI=1S/C18H29BrN2O2/c1-16(2)17(3)7-8-18(16,13(19)14(17)22)15(23)20-9-12-21-10-5-4-6-11-21/h13H,4-12H2,1-3H3,(H,20,23)/p+1/t13-,17-,18+/m1/s1. The Bertz CT molecular complexity index is 515. The summed E-state index contributed by atoms with van der Waals surface area (Å²) in [6.45, 7) is 10.4. The van der Waals surface area contributed by atoms with Crippen LogP contribution in [0.3, 0.4) is 0 Å². The molecule has 3 fully saturated rings. The minimum absolute atomic E-state index is 0.0790. The van der Waals surface area contributed by atoms with Crippen molar-refractivity contribution in [3.8, 4) is 0 Å². The van der Waals surface area contributed by atoms with Gasteiger partial charge in [-0.25, -0.2) is 0 Å². The highest BCUT2D eigenvalue weighted by Crippen LogP contribution is 2.72. The first kappa shape index (κ1) is 17.4. The number of amides is 1. The van der Waals surface area contributed by atoms with Gasteiger partial charge in [0, 0.05) is 5.41 Å². The van der Waals surface area contributed by atoms with Gasteiger partial charge in [0.2, 0.25) is 5.91 Å². The minimum atomic E-state index is -0.587. The van der Waals surface area contributed by atoms with Crippen LogP contribution >= 0.6 is 15.9 Å². The number of alkyl halides is 1. The summed E-state index contributed by atoms with van der Waals surface area (Å²) in [5.74, 6) is 0.293. The Morgan fingerprint density at radius 2 is 1.87 bits per heavy atom. The molecule has 0 aromatic rings. The van der Waals surface area contributed by atoms with E-state index in [1.54, 1.807) is 4.90 Å². The molecule has 4 nitrogen and oxygen atoms in total. The summed E-state index contributed by atoms with van der Waals surface area (Å²) < 4.78 is 0. The molecule has 0 spiro atoms. The predicted octanol–water partition coefficient (Wildman–Crippen LogP) is 1.33. The molecule has 2 N–H and O–H groups in total. The van der Waals surface area contributed by atoms with Crippen LogP contribution in [0.1, 0.15) is 52.9 Å². The number of ketones is 1. The van der Waals surface area contributed by atoms with Crippen molar-refractivity contribution in [1.29, 1.82) is 0 Å². The molecule has 0 unspecified atom stereocenters. The Morgan fingerprint density at radius 1 is 1.22 bits per heavy atom. The van der Waals surface area contributed by atoms with Crippen LogP contribution in [0, 0.1) is 16.2 Å². The molecule has 2 bridgehead atoms. The first-order valence-corrected chi connectivity index (χ1v) is 9.99. The molecule has 2 saturated carbocycles. The molecule has 3 atom stereocenters. The number of rotatable bonds is 4. The average molecular weight is 386 g/mol. The number of Topliss-reactive ketones (excluding diaryl/α,β-unsaturated/α-hetero) is 1. The Balaban J connectivity index is 1.67.